The molecule has 0 bridgehead atoms. The van der Waals surface area contributed by atoms with Gasteiger partial charge < -0.3 is 9.53 Å². The van der Waals surface area contributed by atoms with Crippen LogP contribution in [0, 0.1) is 6.92 Å². The molecule has 1 aromatic carbocycles. The summed E-state index contributed by atoms with van der Waals surface area (Å²) in [5, 5.41) is 0. The Kier molecular flexibility index (Phi) is 3.56. The molecule has 0 saturated heterocycles. The number of aryl methyl sites for hydroxylation is 1. The lowest BCUT2D eigenvalue weighted by atomic mass is 10.1. The number of halogens is 2. The highest BCUT2D eigenvalue weighted by Crippen LogP contribution is 2.21. The van der Waals surface area contributed by atoms with E-state index in [-0.39, 0.29) is 12.2 Å². The Morgan fingerprint density at radius 2 is 2.21 bits per heavy atom. The summed E-state index contributed by atoms with van der Waals surface area (Å²) in [4.78, 5) is 10.2. The number of carbonyl (C=O) groups is 1. The second-order valence-corrected chi connectivity index (χ2v) is 2.85. The highest BCUT2D eigenvalue weighted by atomic mass is 19.3. The smallest absolute Gasteiger partial charge is 0.387 e. The number of ether oxygens (including phenoxy) is 1. The fraction of sp³-hybridized carbons (Fsp3) is 0.300. The lowest BCUT2D eigenvalue weighted by Crippen LogP contribution is -2.03. The average molecular weight is 200 g/mol. The van der Waals surface area contributed by atoms with Crippen molar-refractivity contribution in [2.75, 3.05) is 0 Å². The maximum Gasteiger partial charge on any atom is 0.387 e. The summed E-state index contributed by atoms with van der Waals surface area (Å²) in [5.41, 5.74) is 1.29. The van der Waals surface area contributed by atoms with E-state index in [0.29, 0.717) is 11.1 Å². The number of benzene rings is 1. The van der Waals surface area contributed by atoms with Gasteiger partial charge in [0.05, 0.1) is 0 Å². The Hall–Kier alpha value is -1.45. The molecule has 0 unspecified atom stereocenters. The first-order chi connectivity index (χ1) is 6.63. The van der Waals surface area contributed by atoms with Crippen molar-refractivity contribution >= 4 is 6.29 Å². The normalized spacial score (nSPS) is 10.3. The molecule has 0 atom stereocenters. The number of hydrogen-bond acceptors (Lipinski definition) is 2. The van der Waals surface area contributed by atoms with E-state index in [0.717, 1.165) is 6.29 Å². The van der Waals surface area contributed by atoms with Gasteiger partial charge in [-0.15, -0.1) is 0 Å². The molecule has 0 saturated carbocycles. The van der Waals surface area contributed by atoms with Crippen molar-refractivity contribution < 1.29 is 18.3 Å². The van der Waals surface area contributed by atoms with Crippen LogP contribution in [0.3, 0.4) is 0 Å². The zero-order chi connectivity index (χ0) is 10.6. The van der Waals surface area contributed by atoms with E-state index < -0.39 is 6.61 Å². The zero-order valence-electron chi connectivity index (χ0n) is 7.67. The summed E-state index contributed by atoms with van der Waals surface area (Å²) in [6, 6.07) is 4.81. The molecule has 0 aliphatic carbocycles. The standard InChI is InChI=1S/C10H10F2O2/c1-7-2-3-8(4-5-13)6-9(7)14-10(11)12/h2-3,5-6,10H,4H2,1H3. The molecule has 0 radical (unpaired) electrons. The Balaban J connectivity index is 2.89. The molecule has 0 amide bonds. The van der Waals surface area contributed by atoms with Crippen molar-refractivity contribution in [2.45, 2.75) is 20.0 Å². The van der Waals surface area contributed by atoms with Gasteiger partial charge >= 0.3 is 6.61 Å². The van der Waals surface area contributed by atoms with Crippen molar-refractivity contribution in [1.29, 1.82) is 0 Å². The van der Waals surface area contributed by atoms with Gasteiger partial charge in [0.25, 0.3) is 0 Å². The summed E-state index contributed by atoms with van der Waals surface area (Å²) in [6.07, 6.45) is 0.927. The Bertz CT molecular complexity index is 324. The molecule has 76 valence electrons. The van der Waals surface area contributed by atoms with Crippen LogP contribution in [0.4, 0.5) is 8.78 Å². The van der Waals surface area contributed by atoms with Crippen LogP contribution in [0.5, 0.6) is 5.75 Å². The maximum absolute atomic E-state index is 11.9. The van der Waals surface area contributed by atoms with Gasteiger partial charge in [0.2, 0.25) is 0 Å². The van der Waals surface area contributed by atoms with Crippen LogP contribution in [0.25, 0.3) is 0 Å². The van der Waals surface area contributed by atoms with E-state index in [1.807, 2.05) is 0 Å². The molecule has 0 fully saturated rings. The fourth-order valence-corrected chi connectivity index (χ4v) is 1.09. The first kappa shape index (κ1) is 10.6. The second kappa shape index (κ2) is 4.69. The topological polar surface area (TPSA) is 26.3 Å². The van der Waals surface area contributed by atoms with Crippen LogP contribution in [0.1, 0.15) is 11.1 Å². The Morgan fingerprint density at radius 3 is 2.79 bits per heavy atom. The molecule has 0 spiro atoms. The van der Waals surface area contributed by atoms with Gasteiger partial charge in [-0.2, -0.15) is 8.78 Å². The summed E-state index contributed by atoms with van der Waals surface area (Å²) in [7, 11) is 0. The molecular formula is C10H10F2O2. The van der Waals surface area contributed by atoms with Crippen molar-refractivity contribution in [1.82, 2.24) is 0 Å². The Labute approximate surface area is 80.5 Å². The molecule has 1 aromatic rings. The second-order valence-electron chi connectivity index (χ2n) is 2.85. The molecule has 0 aromatic heterocycles. The van der Waals surface area contributed by atoms with Crippen molar-refractivity contribution in [3.63, 3.8) is 0 Å². The zero-order valence-corrected chi connectivity index (χ0v) is 7.67. The van der Waals surface area contributed by atoms with Gasteiger partial charge in [0.1, 0.15) is 12.0 Å². The predicted molar refractivity (Wildman–Crippen MR) is 47.6 cm³/mol. The summed E-state index contributed by atoms with van der Waals surface area (Å²) in [5.74, 6) is 0.124. The molecule has 0 aliphatic heterocycles. The quantitative estimate of drug-likeness (QED) is 0.697. The van der Waals surface area contributed by atoms with Crippen molar-refractivity contribution in [2.24, 2.45) is 0 Å². The third-order valence-electron chi connectivity index (χ3n) is 1.79. The minimum atomic E-state index is -2.83. The lowest BCUT2D eigenvalue weighted by Gasteiger charge is -2.08. The molecule has 0 heterocycles. The van der Waals surface area contributed by atoms with Gasteiger partial charge in [-0.25, -0.2) is 0 Å². The summed E-state index contributed by atoms with van der Waals surface area (Å²) in [6.45, 7) is -1.16. The largest absolute Gasteiger partial charge is 0.435 e. The van der Waals surface area contributed by atoms with Crippen molar-refractivity contribution in [3.05, 3.63) is 29.3 Å². The number of aldehydes is 1. The number of alkyl halides is 2. The summed E-state index contributed by atoms with van der Waals surface area (Å²) < 4.78 is 28.1. The van der Waals surface area contributed by atoms with E-state index >= 15 is 0 Å². The van der Waals surface area contributed by atoms with Crippen LogP contribution in [0.15, 0.2) is 18.2 Å². The van der Waals surface area contributed by atoms with Gasteiger partial charge in [0, 0.05) is 6.42 Å². The average Bonchev–Trinajstić information content (AvgIpc) is 2.10. The lowest BCUT2D eigenvalue weighted by molar-refractivity contribution is -0.107. The molecule has 0 aliphatic rings. The van der Waals surface area contributed by atoms with Gasteiger partial charge in [-0.3, -0.25) is 0 Å². The molecule has 4 heteroatoms. The number of carbonyl (C=O) groups excluding carboxylic acids is 1. The van der Waals surface area contributed by atoms with Crippen LogP contribution in [0.2, 0.25) is 0 Å². The highest BCUT2D eigenvalue weighted by Gasteiger charge is 2.07. The molecule has 0 N–H and O–H groups in total. The third-order valence-corrected chi connectivity index (χ3v) is 1.79. The maximum atomic E-state index is 11.9. The van der Waals surface area contributed by atoms with Crippen LogP contribution in [-0.2, 0) is 11.2 Å². The van der Waals surface area contributed by atoms with E-state index in [2.05, 4.69) is 4.74 Å². The van der Waals surface area contributed by atoms with Gasteiger partial charge in [-0.1, -0.05) is 12.1 Å². The monoisotopic (exact) mass is 200 g/mol. The fourth-order valence-electron chi connectivity index (χ4n) is 1.09. The highest BCUT2D eigenvalue weighted by molar-refractivity contribution is 5.56. The minimum absolute atomic E-state index is 0.124. The van der Waals surface area contributed by atoms with E-state index in [9.17, 15) is 13.6 Å². The first-order valence-corrected chi connectivity index (χ1v) is 4.11. The van der Waals surface area contributed by atoms with E-state index in [1.54, 1.807) is 19.1 Å². The molecule has 14 heavy (non-hydrogen) atoms. The van der Waals surface area contributed by atoms with Crippen molar-refractivity contribution in [3.8, 4) is 5.75 Å². The number of rotatable bonds is 4. The molecule has 2 nitrogen and oxygen atoms in total. The number of hydrogen-bond donors (Lipinski definition) is 0. The van der Waals surface area contributed by atoms with Crippen LogP contribution >= 0.6 is 0 Å². The molecule has 1 rings (SSSR count). The molecular weight excluding hydrogens is 190 g/mol. The SMILES string of the molecule is Cc1ccc(CC=O)cc1OC(F)F. The van der Waals surface area contributed by atoms with E-state index in [4.69, 9.17) is 0 Å². The third kappa shape index (κ3) is 2.80. The minimum Gasteiger partial charge on any atom is -0.435 e. The van der Waals surface area contributed by atoms with Gasteiger partial charge in [0.15, 0.2) is 0 Å². The first-order valence-electron chi connectivity index (χ1n) is 4.11. The van der Waals surface area contributed by atoms with Gasteiger partial charge in [-0.05, 0) is 24.1 Å². The van der Waals surface area contributed by atoms with E-state index in [1.165, 1.54) is 6.07 Å². The predicted octanol–water partition coefficient (Wildman–Crippen LogP) is 2.34. The Morgan fingerprint density at radius 1 is 1.50 bits per heavy atom. The van der Waals surface area contributed by atoms with Crippen LogP contribution < -0.4 is 4.74 Å². The van der Waals surface area contributed by atoms with Crippen LogP contribution in [-0.4, -0.2) is 12.9 Å². The summed E-state index contributed by atoms with van der Waals surface area (Å²) >= 11 is 0.